The van der Waals surface area contributed by atoms with Gasteiger partial charge in [-0.2, -0.15) is 0 Å². The van der Waals surface area contributed by atoms with Gasteiger partial charge in [-0.3, -0.25) is 9.59 Å². The summed E-state index contributed by atoms with van der Waals surface area (Å²) in [4.78, 5) is 22.3. The molecule has 4 heteroatoms. The summed E-state index contributed by atoms with van der Waals surface area (Å²) in [6.07, 6.45) is 0. The molecular formula is C23H20O4. The van der Waals surface area contributed by atoms with Crippen LogP contribution in [0.25, 0.3) is 0 Å². The molecule has 0 aliphatic heterocycles. The van der Waals surface area contributed by atoms with Crippen molar-refractivity contribution in [3.8, 4) is 11.5 Å². The quantitative estimate of drug-likeness (QED) is 0.375. The number of hydrogen-bond acceptors (Lipinski definition) is 4. The molecule has 3 rings (SSSR count). The summed E-state index contributed by atoms with van der Waals surface area (Å²) in [5.41, 5.74) is 3.27. The predicted molar refractivity (Wildman–Crippen MR) is 103 cm³/mol. The Morgan fingerprint density at radius 3 is 1.33 bits per heavy atom. The van der Waals surface area contributed by atoms with E-state index in [1.807, 2.05) is 42.5 Å². The summed E-state index contributed by atoms with van der Waals surface area (Å²) in [5.74, 6) is 0.349. The molecule has 0 aromatic heterocycles. The number of esters is 2. The Balaban J connectivity index is 1.97. The van der Waals surface area contributed by atoms with Gasteiger partial charge in [0.2, 0.25) is 0 Å². The molecule has 3 aromatic rings. The standard InChI is InChI=1S/C23H20O4/c1-16(24)26-21-12-8-19(9-13-21)23(18-6-4-3-5-7-18)20-10-14-22(15-11-20)27-17(2)25/h3-15,23H,1-2H3. The van der Waals surface area contributed by atoms with E-state index in [2.05, 4.69) is 12.1 Å². The summed E-state index contributed by atoms with van der Waals surface area (Å²) in [6, 6.07) is 25.1. The monoisotopic (exact) mass is 360 g/mol. The molecule has 0 aliphatic carbocycles. The summed E-state index contributed by atoms with van der Waals surface area (Å²) in [5, 5.41) is 0. The lowest BCUT2D eigenvalue weighted by Crippen LogP contribution is -2.05. The van der Waals surface area contributed by atoms with Gasteiger partial charge in [0.05, 0.1) is 0 Å². The molecule has 136 valence electrons. The van der Waals surface area contributed by atoms with Crippen molar-refractivity contribution in [2.45, 2.75) is 19.8 Å². The van der Waals surface area contributed by atoms with Gasteiger partial charge in [-0.05, 0) is 41.0 Å². The van der Waals surface area contributed by atoms with Crippen LogP contribution in [0.2, 0.25) is 0 Å². The lowest BCUT2D eigenvalue weighted by molar-refractivity contribution is -0.132. The van der Waals surface area contributed by atoms with Crippen molar-refractivity contribution in [3.05, 3.63) is 95.6 Å². The van der Waals surface area contributed by atoms with Crippen molar-refractivity contribution in [3.63, 3.8) is 0 Å². The van der Waals surface area contributed by atoms with Crippen LogP contribution in [0.3, 0.4) is 0 Å². The van der Waals surface area contributed by atoms with E-state index >= 15 is 0 Å². The average molecular weight is 360 g/mol. The minimum atomic E-state index is -0.344. The topological polar surface area (TPSA) is 52.6 Å². The number of carbonyl (C=O) groups excluding carboxylic acids is 2. The van der Waals surface area contributed by atoms with Gasteiger partial charge >= 0.3 is 11.9 Å². The zero-order valence-corrected chi connectivity index (χ0v) is 15.2. The molecule has 0 bridgehead atoms. The van der Waals surface area contributed by atoms with Gasteiger partial charge in [-0.1, -0.05) is 54.6 Å². The zero-order valence-electron chi connectivity index (χ0n) is 15.2. The Labute approximate surface area is 158 Å². The largest absolute Gasteiger partial charge is 0.427 e. The highest BCUT2D eigenvalue weighted by molar-refractivity contribution is 5.69. The van der Waals surface area contributed by atoms with Gasteiger partial charge in [-0.25, -0.2) is 0 Å². The van der Waals surface area contributed by atoms with E-state index in [4.69, 9.17) is 9.47 Å². The second-order valence-corrected chi connectivity index (χ2v) is 6.17. The SMILES string of the molecule is CC(=O)Oc1ccc(C(c2ccccc2)c2ccc(OC(C)=O)cc2)cc1. The first-order chi connectivity index (χ1) is 13.0. The first kappa shape index (κ1) is 18.4. The number of benzene rings is 3. The number of rotatable bonds is 5. The molecule has 27 heavy (non-hydrogen) atoms. The second-order valence-electron chi connectivity index (χ2n) is 6.17. The molecule has 0 fully saturated rings. The third-order valence-corrected chi connectivity index (χ3v) is 4.08. The number of hydrogen-bond donors (Lipinski definition) is 0. The van der Waals surface area contributed by atoms with Crippen LogP contribution in [0, 0.1) is 0 Å². The summed E-state index contributed by atoms with van der Waals surface area (Å²) < 4.78 is 10.3. The van der Waals surface area contributed by atoms with Gasteiger partial charge in [0.1, 0.15) is 11.5 Å². The van der Waals surface area contributed by atoms with E-state index in [0.29, 0.717) is 11.5 Å². The predicted octanol–water partition coefficient (Wildman–Crippen LogP) is 4.72. The maximum atomic E-state index is 11.1. The average Bonchev–Trinajstić information content (AvgIpc) is 2.65. The van der Waals surface area contributed by atoms with E-state index < -0.39 is 0 Å². The highest BCUT2D eigenvalue weighted by Gasteiger charge is 2.17. The maximum absolute atomic E-state index is 11.1. The minimum Gasteiger partial charge on any atom is -0.427 e. The fourth-order valence-corrected chi connectivity index (χ4v) is 3.01. The van der Waals surface area contributed by atoms with E-state index in [1.54, 1.807) is 24.3 Å². The Kier molecular flexibility index (Phi) is 5.67. The third-order valence-electron chi connectivity index (χ3n) is 4.08. The van der Waals surface area contributed by atoms with Crippen LogP contribution in [0.1, 0.15) is 36.5 Å². The summed E-state index contributed by atoms with van der Waals surface area (Å²) >= 11 is 0. The maximum Gasteiger partial charge on any atom is 0.308 e. The molecule has 0 N–H and O–H groups in total. The highest BCUT2D eigenvalue weighted by Crippen LogP contribution is 2.33. The van der Waals surface area contributed by atoms with Gasteiger partial charge in [-0.15, -0.1) is 0 Å². The van der Waals surface area contributed by atoms with Crippen LogP contribution in [0.5, 0.6) is 11.5 Å². The van der Waals surface area contributed by atoms with Crippen LogP contribution < -0.4 is 9.47 Å². The highest BCUT2D eigenvalue weighted by atomic mass is 16.5. The Morgan fingerprint density at radius 2 is 0.963 bits per heavy atom. The number of carbonyl (C=O) groups is 2. The van der Waals surface area contributed by atoms with Crippen molar-refractivity contribution >= 4 is 11.9 Å². The van der Waals surface area contributed by atoms with Crippen molar-refractivity contribution in [1.29, 1.82) is 0 Å². The minimum absolute atomic E-state index is 0.00366. The number of ether oxygens (including phenoxy) is 2. The molecule has 4 nitrogen and oxygen atoms in total. The molecule has 0 spiro atoms. The molecule has 0 heterocycles. The zero-order chi connectivity index (χ0) is 19.2. The van der Waals surface area contributed by atoms with Crippen LogP contribution in [0.15, 0.2) is 78.9 Å². The molecule has 0 radical (unpaired) electrons. The van der Waals surface area contributed by atoms with E-state index in [0.717, 1.165) is 16.7 Å². The molecule has 0 saturated carbocycles. The second kappa shape index (κ2) is 8.32. The van der Waals surface area contributed by atoms with Crippen LogP contribution in [-0.4, -0.2) is 11.9 Å². The first-order valence-corrected chi connectivity index (χ1v) is 8.64. The van der Waals surface area contributed by atoms with Crippen molar-refractivity contribution in [2.24, 2.45) is 0 Å². The fraction of sp³-hybridized carbons (Fsp3) is 0.130. The summed E-state index contributed by atoms with van der Waals surface area (Å²) in [7, 11) is 0. The summed E-state index contributed by atoms with van der Waals surface area (Å²) in [6.45, 7) is 2.76. The Bertz CT molecular complexity index is 853. The first-order valence-electron chi connectivity index (χ1n) is 8.64. The normalized spacial score (nSPS) is 10.5. The lowest BCUT2D eigenvalue weighted by atomic mass is 9.85. The van der Waals surface area contributed by atoms with E-state index in [9.17, 15) is 9.59 Å². The molecule has 0 amide bonds. The van der Waals surface area contributed by atoms with Crippen molar-refractivity contribution in [1.82, 2.24) is 0 Å². The van der Waals surface area contributed by atoms with Crippen molar-refractivity contribution in [2.75, 3.05) is 0 Å². The Morgan fingerprint density at radius 1 is 0.593 bits per heavy atom. The van der Waals surface area contributed by atoms with Crippen LogP contribution in [-0.2, 0) is 9.59 Å². The lowest BCUT2D eigenvalue weighted by Gasteiger charge is -2.19. The van der Waals surface area contributed by atoms with E-state index in [-0.39, 0.29) is 17.9 Å². The van der Waals surface area contributed by atoms with Crippen LogP contribution >= 0.6 is 0 Å². The van der Waals surface area contributed by atoms with Gasteiger partial charge in [0, 0.05) is 19.8 Å². The van der Waals surface area contributed by atoms with Gasteiger partial charge in [0.15, 0.2) is 0 Å². The van der Waals surface area contributed by atoms with Crippen molar-refractivity contribution < 1.29 is 19.1 Å². The fourth-order valence-electron chi connectivity index (χ4n) is 3.01. The molecule has 0 aliphatic rings. The molecule has 3 aromatic carbocycles. The Hall–Kier alpha value is -3.40. The third kappa shape index (κ3) is 4.82. The van der Waals surface area contributed by atoms with E-state index in [1.165, 1.54) is 13.8 Å². The molecule has 0 unspecified atom stereocenters. The van der Waals surface area contributed by atoms with Crippen LogP contribution in [0.4, 0.5) is 0 Å². The van der Waals surface area contributed by atoms with Gasteiger partial charge in [0.25, 0.3) is 0 Å². The molecular weight excluding hydrogens is 340 g/mol. The molecule has 0 atom stereocenters. The van der Waals surface area contributed by atoms with Gasteiger partial charge < -0.3 is 9.47 Å². The molecule has 0 saturated heterocycles. The smallest absolute Gasteiger partial charge is 0.308 e.